The van der Waals surface area contributed by atoms with Crippen LogP contribution < -0.4 is 5.76 Å². The molecule has 0 bridgehead atoms. The Hall–Kier alpha value is -2.83. The highest BCUT2D eigenvalue weighted by Crippen LogP contribution is 2.22. The van der Waals surface area contributed by atoms with Crippen LogP contribution in [-0.2, 0) is 7.05 Å². The molecule has 3 rings (SSSR count). The normalized spacial score (nSPS) is 11.0. The molecule has 2 aromatic heterocycles. The van der Waals surface area contributed by atoms with E-state index in [-0.39, 0.29) is 5.69 Å². The molecule has 0 fully saturated rings. The van der Waals surface area contributed by atoms with Crippen molar-refractivity contribution in [2.24, 2.45) is 7.05 Å². The van der Waals surface area contributed by atoms with Crippen LogP contribution in [0.5, 0.6) is 0 Å². The monoisotopic (exact) mass is 259 g/mol. The number of oxazole rings is 1. The summed E-state index contributed by atoms with van der Waals surface area (Å²) in [6, 6.07) is 6.51. The summed E-state index contributed by atoms with van der Waals surface area (Å²) in [5.41, 5.74) is 2.31. The van der Waals surface area contributed by atoms with E-state index >= 15 is 0 Å². The van der Waals surface area contributed by atoms with Gasteiger partial charge in [0.25, 0.3) is 0 Å². The first-order valence-corrected chi connectivity index (χ1v) is 5.45. The van der Waals surface area contributed by atoms with Gasteiger partial charge in [0, 0.05) is 12.6 Å². The van der Waals surface area contributed by atoms with E-state index in [2.05, 4.69) is 10.1 Å². The van der Waals surface area contributed by atoms with Gasteiger partial charge in [-0.1, -0.05) is 0 Å². The van der Waals surface area contributed by atoms with Crippen molar-refractivity contribution in [1.82, 2.24) is 14.8 Å². The largest absolute Gasteiger partial charge is 0.477 e. The van der Waals surface area contributed by atoms with E-state index in [0.717, 1.165) is 0 Å². The van der Waals surface area contributed by atoms with Crippen molar-refractivity contribution in [3.05, 3.63) is 40.5 Å². The number of rotatable bonds is 2. The zero-order valence-electron chi connectivity index (χ0n) is 9.88. The van der Waals surface area contributed by atoms with Gasteiger partial charge in [-0.2, -0.15) is 5.10 Å². The lowest BCUT2D eigenvalue weighted by Gasteiger charge is -1.95. The second-order valence-corrected chi connectivity index (χ2v) is 4.07. The van der Waals surface area contributed by atoms with Gasteiger partial charge in [-0.05, 0) is 24.3 Å². The first-order chi connectivity index (χ1) is 9.04. The Morgan fingerprint density at radius 3 is 2.89 bits per heavy atom. The van der Waals surface area contributed by atoms with Gasteiger partial charge >= 0.3 is 11.7 Å². The van der Waals surface area contributed by atoms with Crippen molar-refractivity contribution in [2.45, 2.75) is 0 Å². The standard InChI is InChI=1S/C12H9N3O4/c1-15-9(11(16)17)5-7(14-15)6-2-3-10-8(4-6)13-12(18)19-10/h2-5H,1H3,(H,13,18)(H,16,17). The average molecular weight is 259 g/mol. The molecule has 0 spiro atoms. The molecule has 0 saturated heterocycles. The number of hydrogen-bond acceptors (Lipinski definition) is 4. The number of aromatic amines is 1. The van der Waals surface area contributed by atoms with Gasteiger partial charge < -0.3 is 9.52 Å². The van der Waals surface area contributed by atoms with Gasteiger partial charge in [0.15, 0.2) is 5.58 Å². The number of aromatic carboxylic acids is 1. The lowest BCUT2D eigenvalue weighted by atomic mass is 10.1. The number of aromatic nitrogens is 3. The van der Waals surface area contributed by atoms with Gasteiger partial charge in [-0.15, -0.1) is 0 Å². The number of carbonyl (C=O) groups is 1. The van der Waals surface area contributed by atoms with Crippen molar-refractivity contribution < 1.29 is 14.3 Å². The Kier molecular flexibility index (Phi) is 2.28. The lowest BCUT2D eigenvalue weighted by Crippen LogP contribution is -2.04. The Labute approximate surface area is 106 Å². The molecule has 0 aliphatic carbocycles. The molecule has 0 aliphatic heterocycles. The van der Waals surface area contributed by atoms with Crippen LogP contribution in [0.4, 0.5) is 0 Å². The van der Waals surface area contributed by atoms with Crippen LogP contribution in [0.3, 0.4) is 0 Å². The summed E-state index contributed by atoms with van der Waals surface area (Å²) in [5.74, 6) is -1.57. The number of benzene rings is 1. The van der Waals surface area contributed by atoms with Gasteiger partial charge in [-0.25, -0.2) is 9.59 Å². The predicted octanol–water partition coefficient (Wildman–Crippen LogP) is 1.22. The summed E-state index contributed by atoms with van der Waals surface area (Å²) >= 11 is 0. The second kappa shape index (κ2) is 3.84. The maximum atomic E-state index is 11.1. The minimum absolute atomic E-state index is 0.0933. The SMILES string of the molecule is Cn1nc(-c2ccc3oc(=O)[nH]c3c2)cc1C(=O)O. The molecule has 2 heterocycles. The summed E-state index contributed by atoms with van der Waals surface area (Å²) in [6.45, 7) is 0. The number of carboxylic acid groups (broad SMARTS) is 1. The zero-order chi connectivity index (χ0) is 13.6. The summed E-state index contributed by atoms with van der Waals surface area (Å²) in [6.07, 6.45) is 0. The van der Waals surface area contributed by atoms with Crippen molar-refractivity contribution >= 4 is 17.1 Å². The number of H-pyrrole nitrogens is 1. The molecule has 0 saturated carbocycles. The van der Waals surface area contributed by atoms with Crippen molar-refractivity contribution in [3.63, 3.8) is 0 Å². The molecule has 7 nitrogen and oxygen atoms in total. The smallest absolute Gasteiger partial charge is 0.417 e. The zero-order valence-corrected chi connectivity index (χ0v) is 9.88. The molecule has 3 aromatic rings. The molecule has 0 unspecified atom stereocenters. The average Bonchev–Trinajstić information content (AvgIpc) is 2.89. The quantitative estimate of drug-likeness (QED) is 0.720. The van der Waals surface area contributed by atoms with E-state index < -0.39 is 11.7 Å². The summed E-state index contributed by atoms with van der Waals surface area (Å²) in [5, 5.41) is 13.1. The highest BCUT2D eigenvalue weighted by atomic mass is 16.4. The van der Waals surface area contributed by atoms with Crippen LogP contribution in [0.15, 0.2) is 33.5 Å². The van der Waals surface area contributed by atoms with Crippen LogP contribution in [-0.4, -0.2) is 25.8 Å². The third kappa shape index (κ3) is 1.81. The molecule has 19 heavy (non-hydrogen) atoms. The van der Waals surface area contributed by atoms with Crippen molar-refractivity contribution in [3.8, 4) is 11.3 Å². The molecule has 0 aliphatic rings. The highest BCUT2D eigenvalue weighted by molar-refractivity contribution is 5.88. The van der Waals surface area contributed by atoms with Crippen LogP contribution in [0.25, 0.3) is 22.4 Å². The fourth-order valence-electron chi connectivity index (χ4n) is 1.92. The van der Waals surface area contributed by atoms with Crippen molar-refractivity contribution in [1.29, 1.82) is 0 Å². The van der Waals surface area contributed by atoms with Gasteiger partial charge in [0.2, 0.25) is 0 Å². The fraction of sp³-hybridized carbons (Fsp3) is 0.0833. The molecule has 1 aromatic carbocycles. The van der Waals surface area contributed by atoms with Gasteiger partial charge in [-0.3, -0.25) is 9.67 Å². The molecule has 0 amide bonds. The Morgan fingerprint density at radius 2 is 2.21 bits per heavy atom. The van der Waals surface area contributed by atoms with E-state index in [1.54, 1.807) is 25.2 Å². The number of hydrogen-bond donors (Lipinski definition) is 2. The minimum Gasteiger partial charge on any atom is -0.477 e. The lowest BCUT2D eigenvalue weighted by molar-refractivity contribution is 0.0685. The van der Waals surface area contributed by atoms with Crippen LogP contribution in [0.1, 0.15) is 10.5 Å². The molecule has 0 radical (unpaired) electrons. The predicted molar refractivity (Wildman–Crippen MR) is 66.0 cm³/mol. The van der Waals surface area contributed by atoms with Crippen LogP contribution in [0.2, 0.25) is 0 Å². The summed E-state index contributed by atoms with van der Waals surface area (Å²) < 4.78 is 6.19. The van der Waals surface area contributed by atoms with E-state index in [4.69, 9.17) is 9.52 Å². The summed E-state index contributed by atoms with van der Waals surface area (Å²) in [7, 11) is 1.56. The first-order valence-electron chi connectivity index (χ1n) is 5.45. The number of carboxylic acids is 1. The topological polar surface area (TPSA) is 101 Å². The fourth-order valence-corrected chi connectivity index (χ4v) is 1.92. The van der Waals surface area contributed by atoms with Gasteiger partial charge in [0.1, 0.15) is 5.69 Å². The third-order valence-corrected chi connectivity index (χ3v) is 2.81. The van der Waals surface area contributed by atoms with E-state index in [9.17, 15) is 9.59 Å². The van der Waals surface area contributed by atoms with Gasteiger partial charge in [0.05, 0.1) is 11.2 Å². The molecule has 2 N–H and O–H groups in total. The van der Waals surface area contributed by atoms with Crippen molar-refractivity contribution in [2.75, 3.05) is 0 Å². The molecular formula is C12H9N3O4. The minimum atomic E-state index is -1.04. The number of fused-ring (bicyclic) bond motifs is 1. The molecule has 7 heteroatoms. The highest BCUT2D eigenvalue weighted by Gasteiger charge is 2.13. The maximum absolute atomic E-state index is 11.1. The maximum Gasteiger partial charge on any atom is 0.417 e. The molecule has 96 valence electrons. The van der Waals surface area contributed by atoms with E-state index in [0.29, 0.717) is 22.4 Å². The first kappa shape index (κ1) is 11.3. The summed E-state index contributed by atoms with van der Waals surface area (Å²) in [4.78, 5) is 24.6. The van der Waals surface area contributed by atoms with Crippen LogP contribution >= 0.6 is 0 Å². The number of nitrogens with one attached hydrogen (secondary N) is 1. The van der Waals surface area contributed by atoms with E-state index in [1.807, 2.05) is 0 Å². The Bertz CT molecular complexity index is 840. The van der Waals surface area contributed by atoms with Crippen LogP contribution in [0, 0.1) is 0 Å². The Morgan fingerprint density at radius 1 is 1.42 bits per heavy atom. The molecule has 0 atom stereocenters. The molecular weight excluding hydrogens is 250 g/mol. The Balaban J connectivity index is 2.15. The third-order valence-electron chi connectivity index (χ3n) is 2.81. The number of nitrogens with zero attached hydrogens (tertiary/aromatic N) is 2. The van der Waals surface area contributed by atoms with E-state index in [1.165, 1.54) is 10.7 Å². The number of aryl methyl sites for hydroxylation is 1. The second-order valence-electron chi connectivity index (χ2n) is 4.07.